The van der Waals surface area contributed by atoms with Gasteiger partial charge in [0.05, 0.1) is 35.7 Å². The summed E-state index contributed by atoms with van der Waals surface area (Å²) in [7, 11) is 0. The van der Waals surface area contributed by atoms with Crippen LogP contribution in [0.3, 0.4) is 0 Å². The summed E-state index contributed by atoms with van der Waals surface area (Å²) in [5, 5.41) is 18.9. The molecule has 0 aliphatic carbocycles. The van der Waals surface area contributed by atoms with Crippen molar-refractivity contribution in [1.82, 2.24) is 13.8 Å². The van der Waals surface area contributed by atoms with Gasteiger partial charge in [0.2, 0.25) is 0 Å². The van der Waals surface area contributed by atoms with Crippen molar-refractivity contribution in [2.45, 2.75) is 13.1 Å². The standard InChI is InChI=1S/C18H18N3O2S2/c22-11-9-20-13-5-1-3-7-15(13)24-17(20)19-18-21(10-12-23)14-6-2-4-8-16(14)25-18/h1-8,22-23H,9-12H2/q+1. The smallest absolute Gasteiger partial charge is 0.377 e. The van der Waals surface area contributed by atoms with Gasteiger partial charge in [-0.05, 0) is 46.9 Å². The minimum atomic E-state index is 0.0664. The summed E-state index contributed by atoms with van der Waals surface area (Å²) >= 11 is 3.22. The van der Waals surface area contributed by atoms with Crippen LogP contribution in [0, 0.1) is 0 Å². The zero-order valence-electron chi connectivity index (χ0n) is 13.5. The molecule has 2 aromatic carbocycles. The average Bonchev–Trinajstić information content (AvgIpc) is 3.15. The lowest BCUT2D eigenvalue weighted by molar-refractivity contribution is 0.275. The number of hydrogen-bond acceptors (Lipinski definition) is 4. The topological polar surface area (TPSA) is 64.4 Å². The van der Waals surface area contributed by atoms with Crippen LogP contribution in [0.25, 0.3) is 20.4 Å². The number of rotatable bonds is 4. The van der Waals surface area contributed by atoms with Crippen LogP contribution in [-0.2, 0) is 13.1 Å². The van der Waals surface area contributed by atoms with E-state index in [9.17, 15) is 10.2 Å². The van der Waals surface area contributed by atoms with Crippen LogP contribution in [0.15, 0.2) is 48.5 Å². The highest BCUT2D eigenvalue weighted by atomic mass is 32.1. The van der Waals surface area contributed by atoms with Gasteiger partial charge in [-0.15, -0.1) is 0 Å². The second-order valence-electron chi connectivity index (χ2n) is 5.57. The third-order valence-corrected chi connectivity index (χ3v) is 6.13. The van der Waals surface area contributed by atoms with Crippen molar-refractivity contribution in [3.63, 3.8) is 0 Å². The molecule has 0 aliphatic heterocycles. The summed E-state index contributed by atoms with van der Waals surface area (Å²) in [6.45, 7) is 1.15. The lowest BCUT2D eigenvalue weighted by atomic mass is 10.3. The predicted octanol–water partition coefficient (Wildman–Crippen LogP) is 1.27. The van der Waals surface area contributed by atoms with Crippen molar-refractivity contribution < 1.29 is 10.2 Å². The van der Waals surface area contributed by atoms with E-state index in [1.807, 2.05) is 45.5 Å². The van der Waals surface area contributed by atoms with Crippen LogP contribution in [0.5, 0.6) is 0 Å². The van der Waals surface area contributed by atoms with Gasteiger partial charge < -0.3 is 10.2 Å². The van der Waals surface area contributed by atoms with E-state index < -0.39 is 0 Å². The number of fused-ring (bicyclic) bond motifs is 2. The molecule has 2 aromatic heterocycles. The first-order valence-electron chi connectivity index (χ1n) is 8.08. The first-order valence-corrected chi connectivity index (χ1v) is 9.71. The van der Waals surface area contributed by atoms with E-state index in [1.165, 1.54) is 0 Å². The highest BCUT2D eigenvalue weighted by molar-refractivity contribution is 7.17. The Balaban J connectivity index is 2.14. The Kier molecular flexibility index (Phi) is 4.57. The Labute approximate surface area is 151 Å². The Morgan fingerprint density at radius 2 is 1.16 bits per heavy atom. The van der Waals surface area contributed by atoms with Gasteiger partial charge in [-0.1, -0.05) is 24.3 Å². The van der Waals surface area contributed by atoms with Crippen molar-refractivity contribution >= 4 is 43.1 Å². The number of aliphatic hydroxyl groups is 2. The zero-order chi connectivity index (χ0) is 17.2. The minimum absolute atomic E-state index is 0.0664. The third-order valence-electron chi connectivity index (χ3n) is 4.01. The lowest BCUT2D eigenvalue weighted by Crippen LogP contribution is -2.27. The quantitative estimate of drug-likeness (QED) is 0.530. The normalized spacial score (nSPS) is 11.3. The maximum atomic E-state index is 9.45. The Morgan fingerprint density at radius 3 is 1.60 bits per heavy atom. The molecule has 0 saturated heterocycles. The van der Waals surface area contributed by atoms with Gasteiger partial charge in [0.1, 0.15) is 11.0 Å². The van der Waals surface area contributed by atoms with E-state index in [0.717, 1.165) is 30.0 Å². The molecule has 0 spiro atoms. The second kappa shape index (κ2) is 7.00. The van der Waals surface area contributed by atoms with Gasteiger partial charge in [-0.3, -0.25) is 0 Å². The fourth-order valence-electron chi connectivity index (χ4n) is 2.93. The molecule has 2 heterocycles. The van der Waals surface area contributed by atoms with Crippen LogP contribution in [-0.4, -0.2) is 32.6 Å². The van der Waals surface area contributed by atoms with E-state index in [-0.39, 0.29) is 13.2 Å². The van der Waals surface area contributed by atoms with Gasteiger partial charge in [0.25, 0.3) is 0 Å². The first kappa shape index (κ1) is 16.3. The van der Waals surface area contributed by atoms with E-state index in [1.54, 1.807) is 22.7 Å². The molecule has 0 unspecified atom stereocenters. The summed E-state index contributed by atoms with van der Waals surface area (Å²) in [5.74, 6) is 0. The van der Waals surface area contributed by atoms with E-state index in [0.29, 0.717) is 13.1 Å². The van der Waals surface area contributed by atoms with Crippen molar-refractivity contribution in [2.24, 2.45) is 0 Å². The van der Waals surface area contributed by atoms with E-state index >= 15 is 0 Å². The Morgan fingerprint density at radius 1 is 0.720 bits per heavy atom. The van der Waals surface area contributed by atoms with Crippen molar-refractivity contribution in [3.05, 3.63) is 58.1 Å². The second-order valence-corrected chi connectivity index (χ2v) is 7.59. The largest absolute Gasteiger partial charge is 0.393 e. The average molecular weight is 372 g/mol. The van der Waals surface area contributed by atoms with Gasteiger partial charge in [-0.25, -0.2) is 13.8 Å². The number of aromatic nitrogens is 2. The number of aliphatic hydroxyl groups excluding tert-OH is 2. The van der Waals surface area contributed by atoms with Gasteiger partial charge in [0.15, 0.2) is 0 Å². The molecule has 4 rings (SSSR count). The molecule has 0 atom stereocenters. The monoisotopic (exact) mass is 372 g/mol. The van der Waals surface area contributed by atoms with E-state index in [2.05, 4.69) is 12.1 Å². The summed E-state index contributed by atoms with van der Waals surface area (Å²) in [6.07, 6.45) is 0. The number of para-hydroxylation sites is 2. The van der Waals surface area contributed by atoms with Crippen LogP contribution >= 0.6 is 22.7 Å². The molecule has 0 aliphatic rings. The Bertz CT molecular complexity index is 1090. The van der Waals surface area contributed by atoms with Crippen LogP contribution < -0.4 is 14.3 Å². The zero-order valence-corrected chi connectivity index (χ0v) is 15.1. The summed E-state index contributed by atoms with van der Waals surface area (Å²) < 4.78 is 11.3. The van der Waals surface area contributed by atoms with Crippen LogP contribution in [0.2, 0.25) is 0 Å². The molecule has 0 radical (unpaired) electrons. The number of nitrogens with zero attached hydrogens (tertiary/aromatic N) is 3. The predicted molar refractivity (Wildman–Crippen MR) is 102 cm³/mol. The van der Waals surface area contributed by atoms with Gasteiger partial charge in [-0.2, -0.15) is 0 Å². The highest BCUT2D eigenvalue weighted by Gasteiger charge is 2.13. The molecule has 0 bridgehead atoms. The van der Waals surface area contributed by atoms with E-state index in [4.69, 9.17) is 4.67 Å². The fourth-order valence-corrected chi connectivity index (χ4v) is 5.10. The molecule has 128 valence electrons. The number of benzene rings is 2. The molecule has 0 amide bonds. The van der Waals surface area contributed by atoms with Gasteiger partial charge >= 0.3 is 9.60 Å². The molecule has 25 heavy (non-hydrogen) atoms. The van der Waals surface area contributed by atoms with Crippen molar-refractivity contribution in [3.8, 4) is 0 Å². The van der Waals surface area contributed by atoms with Crippen LogP contribution in [0.1, 0.15) is 0 Å². The molecule has 2 N–H and O–H groups in total. The van der Waals surface area contributed by atoms with Crippen molar-refractivity contribution in [2.75, 3.05) is 13.2 Å². The molecule has 0 saturated carbocycles. The molecular weight excluding hydrogens is 354 g/mol. The minimum Gasteiger partial charge on any atom is -0.393 e. The lowest BCUT2D eigenvalue weighted by Gasteiger charge is -1.95. The Hall–Kier alpha value is -2.15. The first-order chi connectivity index (χ1) is 12.3. The van der Waals surface area contributed by atoms with Gasteiger partial charge in [0, 0.05) is 0 Å². The maximum Gasteiger partial charge on any atom is 0.377 e. The summed E-state index contributed by atoms with van der Waals surface area (Å²) in [4.78, 5) is 1.71. The summed E-state index contributed by atoms with van der Waals surface area (Å²) in [5.41, 5.74) is 2.16. The fraction of sp³-hybridized carbons (Fsp3) is 0.222. The number of thiazole rings is 2. The molecule has 0 fully saturated rings. The molecular formula is C18H18N3O2S2+. The highest BCUT2D eigenvalue weighted by Crippen LogP contribution is 2.17. The maximum absolute atomic E-state index is 9.45. The SMILES string of the molecule is OCCn1c(=[N+]=c2sc3ccccc3n2CCO)sc2ccccc21. The molecule has 4 aromatic rings. The molecule has 7 heteroatoms. The summed E-state index contributed by atoms with van der Waals surface area (Å²) in [6, 6.07) is 16.3. The van der Waals surface area contributed by atoms with Crippen molar-refractivity contribution in [1.29, 1.82) is 0 Å². The number of hydrogen-bond donors (Lipinski definition) is 2. The van der Waals surface area contributed by atoms with Crippen LogP contribution in [0.4, 0.5) is 0 Å². The molecule has 5 nitrogen and oxygen atoms in total. The third kappa shape index (κ3) is 2.97.